The molecule has 0 bridgehead atoms. The van der Waals surface area contributed by atoms with Crippen molar-refractivity contribution in [2.45, 2.75) is 76.8 Å². The lowest BCUT2D eigenvalue weighted by Crippen LogP contribution is -2.41. The van der Waals surface area contributed by atoms with Crippen molar-refractivity contribution in [2.24, 2.45) is 29.6 Å². The molecule has 0 radical (unpaired) electrons. The molecule has 0 saturated heterocycles. The molecular weight excluding hydrogens is 357 g/mol. The lowest BCUT2D eigenvalue weighted by atomic mass is 9.55. The van der Waals surface area contributed by atoms with Gasteiger partial charge in [-0.15, -0.1) is 0 Å². The van der Waals surface area contributed by atoms with Crippen molar-refractivity contribution in [3.8, 4) is 0 Å². The highest BCUT2D eigenvalue weighted by molar-refractivity contribution is 5.27. The van der Waals surface area contributed by atoms with Gasteiger partial charge in [-0.2, -0.15) is 13.2 Å². The molecule has 3 fully saturated rings. The molecule has 3 aliphatic carbocycles. The number of alkyl halides is 3. The van der Waals surface area contributed by atoms with Crippen LogP contribution in [0.4, 0.5) is 13.2 Å². The topological polar surface area (TPSA) is 0 Å². The summed E-state index contributed by atoms with van der Waals surface area (Å²) >= 11 is 0. The summed E-state index contributed by atoms with van der Waals surface area (Å²) in [7, 11) is 0. The lowest BCUT2D eigenvalue weighted by molar-refractivity contribution is -0.137. The van der Waals surface area contributed by atoms with Crippen LogP contribution in [0.2, 0.25) is 0 Å². The molecule has 0 N–H and O–H groups in total. The van der Waals surface area contributed by atoms with Crippen LogP contribution in [0.1, 0.15) is 81.8 Å². The number of allylic oxidation sites excluding steroid dienone is 2. The largest absolute Gasteiger partial charge is 0.416 e. The third-order valence-electron chi connectivity index (χ3n) is 7.93. The Labute approximate surface area is 167 Å². The van der Waals surface area contributed by atoms with E-state index in [9.17, 15) is 13.2 Å². The summed E-state index contributed by atoms with van der Waals surface area (Å²) in [4.78, 5) is 0. The molecule has 0 aromatic heterocycles. The van der Waals surface area contributed by atoms with Gasteiger partial charge >= 0.3 is 6.18 Å². The van der Waals surface area contributed by atoms with Gasteiger partial charge < -0.3 is 0 Å². The van der Waals surface area contributed by atoms with E-state index < -0.39 is 11.7 Å². The third kappa shape index (κ3) is 4.19. The zero-order chi connectivity index (χ0) is 19.7. The van der Waals surface area contributed by atoms with Crippen molar-refractivity contribution in [3.63, 3.8) is 0 Å². The summed E-state index contributed by atoms with van der Waals surface area (Å²) < 4.78 is 38.5. The van der Waals surface area contributed by atoms with Crippen LogP contribution in [0.3, 0.4) is 0 Å². The Morgan fingerprint density at radius 1 is 0.857 bits per heavy atom. The van der Waals surface area contributed by atoms with Gasteiger partial charge in [-0.05, 0) is 111 Å². The smallest absolute Gasteiger partial charge is 0.166 e. The molecule has 4 rings (SSSR count). The van der Waals surface area contributed by atoms with E-state index in [0.717, 1.165) is 48.0 Å². The second kappa shape index (κ2) is 8.24. The Kier molecular flexibility index (Phi) is 5.90. The zero-order valence-electron chi connectivity index (χ0n) is 16.9. The third-order valence-corrected chi connectivity index (χ3v) is 7.93. The van der Waals surface area contributed by atoms with Crippen molar-refractivity contribution >= 4 is 0 Å². The van der Waals surface area contributed by atoms with E-state index in [1.54, 1.807) is 12.1 Å². The number of fused-ring (bicyclic) bond motifs is 3. The second-order valence-electron chi connectivity index (χ2n) is 9.46. The normalized spacial score (nSPS) is 36.1. The zero-order valence-corrected chi connectivity index (χ0v) is 16.9. The molecular formula is C25H33F3. The van der Waals surface area contributed by atoms with E-state index in [2.05, 4.69) is 19.1 Å². The SMILES string of the molecule is CCC=C[C@@H]1CC[C@H]2[C@H](CC[C@H]3C[C@H](c4ccc(C(F)(F)F)cc4)CC[C@@H]32)C1. The van der Waals surface area contributed by atoms with Crippen molar-refractivity contribution < 1.29 is 13.2 Å². The highest BCUT2D eigenvalue weighted by atomic mass is 19.4. The second-order valence-corrected chi connectivity index (χ2v) is 9.46. The fraction of sp³-hybridized carbons (Fsp3) is 0.680. The summed E-state index contributed by atoms with van der Waals surface area (Å²) in [6.45, 7) is 2.21. The van der Waals surface area contributed by atoms with Crippen molar-refractivity contribution in [2.75, 3.05) is 0 Å². The molecule has 3 aliphatic rings. The molecule has 0 aliphatic heterocycles. The summed E-state index contributed by atoms with van der Waals surface area (Å²) in [5.74, 6) is 4.69. The van der Waals surface area contributed by atoms with Crippen LogP contribution in [-0.2, 0) is 6.18 Å². The van der Waals surface area contributed by atoms with E-state index >= 15 is 0 Å². The average molecular weight is 391 g/mol. The highest BCUT2D eigenvalue weighted by Crippen LogP contribution is 2.54. The lowest BCUT2D eigenvalue weighted by Gasteiger charge is -2.50. The summed E-state index contributed by atoms with van der Waals surface area (Å²) in [5.41, 5.74) is 0.585. The van der Waals surface area contributed by atoms with Crippen LogP contribution in [0, 0.1) is 29.6 Å². The van der Waals surface area contributed by atoms with E-state index in [4.69, 9.17) is 0 Å². The Balaban J connectivity index is 1.38. The van der Waals surface area contributed by atoms with Gasteiger partial charge in [0, 0.05) is 0 Å². The molecule has 1 aromatic carbocycles. The van der Waals surface area contributed by atoms with Crippen molar-refractivity contribution in [1.29, 1.82) is 0 Å². The predicted octanol–water partition coefficient (Wildman–Crippen LogP) is 8.00. The van der Waals surface area contributed by atoms with Gasteiger partial charge in [-0.3, -0.25) is 0 Å². The van der Waals surface area contributed by atoms with Gasteiger partial charge in [0.2, 0.25) is 0 Å². The maximum atomic E-state index is 12.8. The van der Waals surface area contributed by atoms with Crippen LogP contribution in [0.25, 0.3) is 0 Å². The molecule has 1 aromatic rings. The monoisotopic (exact) mass is 390 g/mol. The van der Waals surface area contributed by atoms with Gasteiger partial charge in [0.05, 0.1) is 5.56 Å². The fourth-order valence-electron chi connectivity index (χ4n) is 6.58. The minimum absolute atomic E-state index is 0.448. The van der Waals surface area contributed by atoms with Crippen molar-refractivity contribution in [3.05, 3.63) is 47.5 Å². The van der Waals surface area contributed by atoms with Gasteiger partial charge in [0.25, 0.3) is 0 Å². The van der Waals surface area contributed by atoms with Crippen LogP contribution >= 0.6 is 0 Å². The molecule has 3 saturated carbocycles. The molecule has 154 valence electrons. The van der Waals surface area contributed by atoms with E-state index in [1.807, 2.05) is 0 Å². The van der Waals surface area contributed by atoms with Crippen LogP contribution in [0.5, 0.6) is 0 Å². The Bertz CT molecular complexity index is 672. The molecule has 6 atom stereocenters. The van der Waals surface area contributed by atoms with Gasteiger partial charge in [-0.1, -0.05) is 31.2 Å². The fourth-order valence-corrected chi connectivity index (χ4v) is 6.58. The van der Waals surface area contributed by atoms with Gasteiger partial charge in [0.15, 0.2) is 0 Å². The van der Waals surface area contributed by atoms with E-state index in [1.165, 1.54) is 57.1 Å². The molecule has 0 heterocycles. The summed E-state index contributed by atoms with van der Waals surface area (Å²) in [5, 5.41) is 0. The molecule has 28 heavy (non-hydrogen) atoms. The molecule has 3 heteroatoms. The Hall–Kier alpha value is -1.25. The molecule has 0 spiro atoms. The number of hydrogen-bond acceptors (Lipinski definition) is 0. The molecule has 0 amide bonds. The number of benzene rings is 1. The first-order valence-corrected chi connectivity index (χ1v) is 11.3. The van der Waals surface area contributed by atoms with Gasteiger partial charge in [-0.25, -0.2) is 0 Å². The first kappa shape index (κ1) is 20.0. The average Bonchev–Trinajstić information content (AvgIpc) is 2.71. The van der Waals surface area contributed by atoms with Crippen molar-refractivity contribution in [1.82, 2.24) is 0 Å². The number of halogens is 3. The van der Waals surface area contributed by atoms with Crippen LogP contribution < -0.4 is 0 Å². The van der Waals surface area contributed by atoms with Crippen LogP contribution in [0.15, 0.2) is 36.4 Å². The standard InChI is InChI=1S/C25H33F3/c1-2-3-4-17-5-13-23-20(15-17)6-7-21-16-19(10-14-24(21)23)18-8-11-22(12-9-18)25(26,27)28/h3-4,8-9,11-12,17,19-21,23-24H,2,5-7,10,13-16H2,1H3/t17-,19-,20-,21+,23+,24+/m1/s1. The first-order chi connectivity index (χ1) is 13.5. The number of hydrogen-bond donors (Lipinski definition) is 0. The predicted molar refractivity (Wildman–Crippen MR) is 108 cm³/mol. The summed E-state index contributed by atoms with van der Waals surface area (Å²) in [6, 6.07) is 5.99. The Morgan fingerprint density at radius 2 is 1.50 bits per heavy atom. The summed E-state index contributed by atoms with van der Waals surface area (Å²) in [6.07, 6.45) is 12.1. The van der Waals surface area contributed by atoms with Gasteiger partial charge in [0.1, 0.15) is 0 Å². The molecule has 0 nitrogen and oxygen atoms in total. The number of rotatable bonds is 3. The first-order valence-electron chi connectivity index (χ1n) is 11.3. The molecule has 0 unspecified atom stereocenters. The maximum Gasteiger partial charge on any atom is 0.416 e. The minimum Gasteiger partial charge on any atom is -0.166 e. The van der Waals surface area contributed by atoms with Crippen LogP contribution in [-0.4, -0.2) is 0 Å². The van der Waals surface area contributed by atoms with E-state index in [-0.39, 0.29) is 0 Å². The maximum absolute atomic E-state index is 12.8. The quantitative estimate of drug-likeness (QED) is 0.459. The Morgan fingerprint density at radius 3 is 2.14 bits per heavy atom. The minimum atomic E-state index is -4.24. The van der Waals surface area contributed by atoms with E-state index in [0.29, 0.717) is 5.92 Å². The highest BCUT2D eigenvalue weighted by Gasteiger charge is 2.44.